The molecule has 0 aliphatic rings. The minimum Gasteiger partial charge on any atom is -0.487 e. The highest BCUT2D eigenvalue weighted by Gasteiger charge is 2.15. The van der Waals surface area contributed by atoms with Crippen LogP contribution in [0.1, 0.15) is 24.8 Å². The van der Waals surface area contributed by atoms with Crippen molar-refractivity contribution < 1.29 is 19.6 Å². The molecule has 0 saturated heterocycles. The molecule has 1 N–H and O–H groups in total. The standard InChI is InChI=1S/C14H14N2O5/c15-8-2-1-3-9-21-13-6-4-11(5-7-14(17)18)10-12(13)16(19)20/h4-7,10H,1-3,9H2,(H,17,18). The van der Waals surface area contributed by atoms with Gasteiger partial charge in [0.2, 0.25) is 0 Å². The maximum atomic E-state index is 11.0. The number of nitro benzene ring substituents is 1. The summed E-state index contributed by atoms with van der Waals surface area (Å²) in [5, 5.41) is 27.9. The van der Waals surface area contributed by atoms with Crippen molar-refractivity contribution in [2.45, 2.75) is 19.3 Å². The van der Waals surface area contributed by atoms with Crippen LogP contribution in [-0.2, 0) is 4.79 Å². The van der Waals surface area contributed by atoms with Gasteiger partial charge >= 0.3 is 11.7 Å². The molecule has 0 unspecified atom stereocenters. The normalized spacial score (nSPS) is 10.2. The molecule has 0 aromatic heterocycles. The molecule has 7 nitrogen and oxygen atoms in total. The van der Waals surface area contributed by atoms with E-state index < -0.39 is 10.9 Å². The molecule has 1 rings (SSSR count). The number of carboxylic acids is 1. The van der Waals surface area contributed by atoms with Crippen LogP contribution in [0.4, 0.5) is 5.69 Å². The molecule has 21 heavy (non-hydrogen) atoms. The Hall–Kier alpha value is -2.88. The SMILES string of the molecule is N#CCCCCOc1ccc(C=CC(=O)O)cc1[N+](=O)[O-]. The van der Waals surface area contributed by atoms with E-state index >= 15 is 0 Å². The number of unbranched alkanes of at least 4 members (excludes halogenated alkanes) is 2. The Morgan fingerprint density at radius 1 is 1.48 bits per heavy atom. The smallest absolute Gasteiger partial charge is 0.328 e. The molecule has 0 aliphatic heterocycles. The Balaban J connectivity index is 2.78. The number of nitriles is 1. The van der Waals surface area contributed by atoms with E-state index in [0.29, 0.717) is 24.8 Å². The van der Waals surface area contributed by atoms with Crippen LogP contribution < -0.4 is 4.74 Å². The summed E-state index contributed by atoms with van der Waals surface area (Å²) in [7, 11) is 0. The molecular formula is C14H14N2O5. The average molecular weight is 290 g/mol. The van der Waals surface area contributed by atoms with Crippen LogP contribution in [0.2, 0.25) is 0 Å². The minimum atomic E-state index is -1.13. The van der Waals surface area contributed by atoms with Crippen molar-refractivity contribution in [1.82, 2.24) is 0 Å². The fourth-order valence-corrected chi connectivity index (χ4v) is 1.56. The first-order chi connectivity index (χ1) is 10.0. The number of nitrogens with zero attached hydrogens (tertiary/aromatic N) is 2. The van der Waals surface area contributed by atoms with E-state index in [9.17, 15) is 14.9 Å². The molecule has 0 radical (unpaired) electrons. The van der Waals surface area contributed by atoms with E-state index in [2.05, 4.69) is 0 Å². The quantitative estimate of drug-likeness (QED) is 0.341. The third-order valence-electron chi connectivity index (χ3n) is 2.54. The molecule has 0 atom stereocenters. The van der Waals surface area contributed by atoms with Gasteiger partial charge < -0.3 is 9.84 Å². The number of carboxylic acid groups (broad SMARTS) is 1. The zero-order valence-electron chi connectivity index (χ0n) is 11.2. The second kappa shape index (κ2) is 8.32. The highest BCUT2D eigenvalue weighted by molar-refractivity contribution is 5.85. The zero-order chi connectivity index (χ0) is 15.7. The number of hydrogen-bond acceptors (Lipinski definition) is 5. The Morgan fingerprint density at radius 3 is 2.86 bits per heavy atom. The van der Waals surface area contributed by atoms with Gasteiger partial charge in [-0.25, -0.2) is 4.79 Å². The van der Waals surface area contributed by atoms with Gasteiger partial charge in [0.15, 0.2) is 5.75 Å². The monoisotopic (exact) mass is 290 g/mol. The first-order valence-electron chi connectivity index (χ1n) is 6.24. The first kappa shape index (κ1) is 16.2. The van der Waals surface area contributed by atoms with Crippen molar-refractivity contribution in [1.29, 1.82) is 5.26 Å². The van der Waals surface area contributed by atoms with Crippen molar-refractivity contribution in [3.8, 4) is 11.8 Å². The highest BCUT2D eigenvalue weighted by atomic mass is 16.6. The molecule has 0 aliphatic carbocycles. The molecule has 1 aromatic carbocycles. The van der Waals surface area contributed by atoms with E-state index in [0.717, 1.165) is 6.08 Å². The Bertz CT molecular complexity index is 590. The van der Waals surface area contributed by atoms with Gasteiger partial charge in [-0.15, -0.1) is 0 Å². The molecule has 0 heterocycles. The van der Waals surface area contributed by atoms with Crippen molar-refractivity contribution in [3.05, 3.63) is 40.0 Å². The molecule has 7 heteroatoms. The number of benzene rings is 1. The van der Waals surface area contributed by atoms with Gasteiger partial charge in [0, 0.05) is 18.6 Å². The molecule has 0 fully saturated rings. The fourth-order valence-electron chi connectivity index (χ4n) is 1.56. The summed E-state index contributed by atoms with van der Waals surface area (Å²) in [5.41, 5.74) is 0.184. The summed E-state index contributed by atoms with van der Waals surface area (Å²) in [4.78, 5) is 20.8. The second-order valence-electron chi connectivity index (χ2n) is 4.12. The largest absolute Gasteiger partial charge is 0.487 e. The van der Waals surface area contributed by atoms with Gasteiger partial charge in [-0.2, -0.15) is 5.26 Å². The van der Waals surface area contributed by atoms with E-state index in [4.69, 9.17) is 15.1 Å². The topological polar surface area (TPSA) is 113 Å². The molecule has 0 bridgehead atoms. The summed E-state index contributed by atoms with van der Waals surface area (Å²) < 4.78 is 5.33. The van der Waals surface area contributed by atoms with Crippen LogP contribution in [0.25, 0.3) is 6.08 Å². The molecule has 1 aromatic rings. The lowest BCUT2D eigenvalue weighted by atomic mass is 10.1. The van der Waals surface area contributed by atoms with Crippen LogP contribution in [0.5, 0.6) is 5.75 Å². The molecule has 0 spiro atoms. The van der Waals surface area contributed by atoms with Gasteiger partial charge in [-0.3, -0.25) is 10.1 Å². The fraction of sp³-hybridized carbons (Fsp3) is 0.286. The second-order valence-corrected chi connectivity index (χ2v) is 4.12. The summed E-state index contributed by atoms with van der Waals surface area (Å²) in [6, 6.07) is 6.23. The number of hydrogen-bond donors (Lipinski definition) is 1. The molecular weight excluding hydrogens is 276 g/mol. The first-order valence-corrected chi connectivity index (χ1v) is 6.24. The van der Waals surface area contributed by atoms with Gasteiger partial charge in [-0.05, 0) is 30.5 Å². The van der Waals surface area contributed by atoms with Crippen molar-refractivity contribution >= 4 is 17.7 Å². The Morgan fingerprint density at radius 2 is 2.24 bits per heavy atom. The summed E-state index contributed by atoms with van der Waals surface area (Å²) >= 11 is 0. The highest BCUT2D eigenvalue weighted by Crippen LogP contribution is 2.28. The summed E-state index contributed by atoms with van der Waals surface area (Å²) in [6.07, 6.45) is 3.90. The maximum absolute atomic E-state index is 11.0. The van der Waals surface area contributed by atoms with Crippen LogP contribution in [0, 0.1) is 21.4 Å². The lowest BCUT2D eigenvalue weighted by Gasteiger charge is -2.06. The predicted molar refractivity (Wildman–Crippen MR) is 74.7 cm³/mol. The Kier molecular flexibility index (Phi) is 6.41. The van der Waals surface area contributed by atoms with Gasteiger partial charge in [0.1, 0.15) is 0 Å². The molecule has 110 valence electrons. The maximum Gasteiger partial charge on any atom is 0.328 e. The average Bonchev–Trinajstić information content (AvgIpc) is 2.45. The van der Waals surface area contributed by atoms with E-state index in [-0.39, 0.29) is 18.0 Å². The molecule has 0 saturated carbocycles. The third-order valence-corrected chi connectivity index (χ3v) is 2.54. The number of rotatable bonds is 8. The lowest BCUT2D eigenvalue weighted by molar-refractivity contribution is -0.385. The van der Waals surface area contributed by atoms with Crippen molar-refractivity contribution in [2.75, 3.05) is 6.61 Å². The van der Waals surface area contributed by atoms with Crippen LogP contribution in [0.3, 0.4) is 0 Å². The van der Waals surface area contributed by atoms with Crippen LogP contribution in [0.15, 0.2) is 24.3 Å². The summed E-state index contributed by atoms with van der Waals surface area (Å²) in [6.45, 7) is 0.285. The van der Waals surface area contributed by atoms with E-state index in [1.54, 1.807) is 0 Å². The zero-order valence-corrected chi connectivity index (χ0v) is 11.2. The van der Waals surface area contributed by atoms with E-state index in [1.165, 1.54) is 24.3 Å². The number of nitro groups is 1. The van der Waals surface area contributed by atoms with E-state index in [1.807, 2.05) is 6.07 Å². The molecule has 0 amide bonds. The van der Waals surface area contributed by atoms with Gasteiger partial charge in [0.05, 0.1) is 17.6 Å². The summed E-state index contributed by atoms with van der Waals surface area (Å²) in [5.74, 6) is -1.00. The van der Waals surface area contributed by atoms with Crippen molar-refractivity contribution in [3.63, 3.8) is 0 Å². The van der Waals surface area contributed by atoms with Gasteiger partial charge in [0.25, 0.3) is 0 Å². The van der Waals surface area contributed by atoms with Gasteiger partial charge in [-0.1, -0.05) is 6.07 Å². The predicted octanol–water partition coefficient (Wildman–Crippen LogP) is 2.77. The third kappa shape index (κ3) is 5.74. The number of ether oxygens (including phenoxy) is 1. The Labute approximate surface area is 121 Å². The van der Waals surface area contributed by atoms with Crippen LogP contribution in [-0.4, -0.2) is 22.6 Å². The number of carbonyl (C=O) groups is 1. The minimum absolute atomic E-state index is 0.129. The number of aliphatic carboxylic acids is 1. The van der Waals surface area contributed by atoms with Crippen LogP contribution >= 0.6 is 0 Å². The van der Waals surface area contributed by atoms with Crippen molar-refractivity contribution in [2.24, 2.45) is 0 Å². The lowest BCUT2D eigenvalue weighted by Crippen LogP contribution is -2.01.